The van der Waals surface area contributed by atoms with E-state index < -0.39 is 0 Å². The van der Waals surface area contributed by atoms with Gasteiger partial charge in [-0.1, -0.05) is 17.4 Å². The molecule has 0 aromatic carbocycles. The maximum absolute atomic E-state index is 5.42. The van der Waals surface area contributed by atoms with Crippen LogP contribution in [-0.4, -0.2) is 55.4 Å². The van der Waals surface area contributed by atoms with Gasteiger partial charge < -0.3 is 14.2 Å². The standard InChI is InChI=1S/C17H17N7OS/c1-2-13(24-15(3-1)20-12-21-24)11-23-5-4-18-16(23)14-10-19-17(26-14)22-6-8-25-9-7-22/h1-5,10,12H,6-9,11H2. The summed E-state index contributed by atoms with van der Waals surface area (Å²) in [6, 6.07) is 6.00. The third-order valence-electron chi connectivity index (χ3n) is 4.42. The Morgan fingerprint density at radius 1 is 1.12 bits per heavy atom. The van der Waals surface area contributed by atoms with Crippen LogP contribution in [0.2, 0.25) is 0 Å². The van der Waals surface area contributed by atoms with Gasteiger partial charge in [-0.25, -0.2) is 19.5 Å². The van der Waals surface area contributed by atoms with Gasteiger partial charge in [-0.2, -0.15) is 5.10 Å². The number of imidazole rings is 1. The Balaban J connectivity index is 1.44. The first kappa shape index (κ1) is 15.5. The molecule has 1 fully saturated rings. The molecule has 0 bridgehead atoms. The highest BCUT2D eigenvalue weighted by atomic mass is 32.1. The Kier molecular flexibility index (Phi) is 3.87. The largest absolute Gasteiger partial charge is 0.378 e. The van der Waals surface area contributed by atoms with Crippen molar-refractivity contribution in [3.63, 3.8) is 0 Å². The van der Waals surface area contributed by atoms with Crippen molar-refractivity contribution >= 4 is 22.1 Å². The Bertz CT molecular complexity index is 1030. The lowest BCUT2D eigenvalue weighted by atomic mass is 10.3. The van der Waals surface area contributed by atoms with Gasteiger partial charge >= 0.3 is 0 Å². The summed E-state index contributed by atoms with van der Waals surface area (Å²) in [6.45, 7) is 3.95. The molecule has 0 aliphatic carbocycles. The van der Waals surface area contributed by atoms with E-state index in [0.717, 1.165) is 53.5 Å². The molecule has 0 unspecified atom stereocenters. The summed E-state index contributed by atoms with van der Waals surface area (Å²) in [5.74, 6) is 0.916. The van der Waals surface area contributed by atoms with Crippen molar-refractivity contribution < 1.29 is 4.74 Å². The van der Waals surface area contributed by atoms with Crippen LogP contribution in [0, 0.1) is 0 Å². The third kappa shape index (κ3) is 2.74. The predicted molar refractivity (Wildman–Crippen MR) is 98.5 cm³/mol. The summed E-state index contributed by atoms with van der Waals surface area (Å²) < 4.78 is 9.39. The van der Waals surface area contributed by atoms with Gasteiger partial charge in [0, 0.05) is 25.5 Å². The number of rotatable bonds is 4. The fourth-order valence-electron chi connectivity index (χ4n) is 3.13. The molecule has 0 radical (unpaired) electrons. The van der Waals surface area contributed by atoms with Crippen LogP contribution >= 0.6 is 11.3 Å². The third-order valence-corrected chi connectivity index (χ3v) is 5.48. The van der Waals surface area contributed by atoms with Gasteiger partial charge in [0.15, 0.2) is 16.6 Å². The zero-order chi connectivity index (χ0) is 17.3. The van der Waals surface area contributed by atoms with E-state index in [2.05, 4.69) is 35.6 Å². The molecule has 5 rings (SSSR count). The number of morpholine rings is 1. The number of anilines is 1. The summed E-state index contributed by atoms with van der Waals surface area (Å²) in [7, 11) is 0. The van der Waals surface area contributed by atoms with Crippen LogP contribution in [0.3, 0.4) is 0 Å². The summed E-state index contributed by atoms with van der Waals surface area (Å²) in [6.07, 6.45) is 7.29. The number of hydrogen-bond acceptors (Lipinski definition) is 7. The molecule has 0 saturated carbocycles. The molecular formula is C17H17N7OS. The maximum Gasteiger partial charge on any atom is 0.186 e. The minimum absolute atomic E-state index is 0.667. The van der Waals surface area contributed by atoms with Crippen molar-refractivity contribution in [1.82, 2.24) is 29.1 Å². The van der Waals surface area contributed by atoms with E-state index in [1.165, 1.54) is 0 Å². The molecule has 26 heavy (non-hydrogen) atoms. The molecule has 132 valence electrons. The summed E-state index contributed by atoms with van der Waals surface area (Å²) in [5.41, 5.74) is 1.90. The van der Waals surface area contributed by atoms with Gasteiger partial charge in [0.05, 0.1) is 36.5 Å². The summed E-state index contributed by atoms with van der Waals surface area (Å²) in [4.78, 5) is 16.7. The van der Waals surface area contributed by atoms with E-state index in [4.69, 9.17) is 4.74 Å². The Morgan fingerprint density at radius 2 is 2.04 bits per heavy atom. The van der Waals surface area contributed by atoms with Crippen molar-refractivity contribution in [3.8, 4) is 10.7 Å². The molecule has 0 atom stereocenters. The molecule has 8 nitrogen and oxygen atoms in total. The smallest absolute Gasteiger partial charge is 0.186 e. The van der Waals surface area contributed by atoms with Crippen LogP contribution < -0.4 is 4.90 Å². The first-order valence-corrected chi connectivity index (χ1v) is 9.28. The monoisotopic (exact) mass is 367 g/mol. The normalized spacial score (nSPS) is 15.0. The lowest BCUT2D eigenvalue weighted by Crippen LogP contribution is -2.36. The molecular weight excluding hydrogens is 350 g/mol. The molecule has 4 aromatic rings. The first-order chi connectivity index (χ1) is 12.9. The van der Waals surface area contributed by atoms with Crippen molar-refractivity contribution in [1.29, 1.82) is 0 Å². The second kappa shape index (κ2) is 6.50. The highest BCUT2D eigenvalue weighted by Crippen LogP contribution is 2.30. The molecule has 1 saturated heterocycles. The van der Waals surface area contributed by atoms with E-state index in [9.17, 15) is 0 Å². The molecule has 9 heteroatoms. The van der Waals surface area contributed by atoms with Crippen molar-refractivity contribution in [3.05, 3.63) is 48.8 Å². The molecule has 5 heterocycles. The van der Waals surface area contributed by atoms with Crippen LogP contribution in [0.5, 0.6) is 0 Å². The van der Waals surface area contributed by atoms with Gasteiger partial charge in [-0.3, -0.25) is 0 Å². The molecule has 0 spiro atoms. The van der Waals surface area contributed by atoms with Crippen molar-refractivity contribution in [2.75, 3.05) is 31.2 Å². The van der Waals surface area contributed by atoms with Gasteiger partial charge in [0.1, 0.15) is 6.33 Å². The highest BCUT2D eigenvalue weighted by Gasteiger charge is 2.17. The second-order valence-corrected chi connectivity index (χ2v) is 7.04. The molecule has 4 aromatic heterocycles. The lowest BCUT2D eigenvalue weighted by Gasteiger charge is -2.25. The number of hydrogen-bond donors (Lipinski definition) is 0. The topological polar surface area (TPSA) is 73.4 Å². The van der Waals surface area contributed by atoms with Crippen molar-refractivity contribution in [2.24, 2.45) is 0 Å². The fraction of sp³-hybridized carbons (Fsp3) is 0.294. The van der Waals surface area contributed by atoms with E-state index in [1.54, 1.807) is 17.7 Å². The first-order valence-electron chi connectivity index (χ1n) is 8.46. The fourth-order valence-corrected chi connectivity index (χ4v) is 4.11. The van der Waals surface area contributed by atoms with E-state index in [-0.39, 0.29) is 0 Å². The highest BCUT2D eigenvalue weighted by molar-refractivity contribution is 7.18. The van der Waals surface area contributed by atoms with Gasteiger partial charge in [0.2, 0.25) is 0 Å². The number of fused-ring (bicyclic) bond motifs is 1. The summed E-state index contributed by atoms with van der Waals surface area (Å²) >= 11 is 1.67. The number of thiazole rings is 1. The van der Waals surface area contributed by atoms with E-state index in [1.807, 2.05) is 35.2 Å². The van der Waals surface area contributed by atoms with Gasteiger partial charge in [-0.05, 0) is 12.1 Å². The Labute approximate surface area is 153 Å². The van der Waals surface area contributed by atoms with Crippen LogP contribution in [0.1, 0.15) is 5.69 Å². The SMILES string of the molecule is c1cc(Cn2ccnc2-c2cnc(N3CCOCC3)s2)n2ncnc2c1. The van der Waals surface area contributed by atoms with E-state index in [0.29, 0.717) is 6.54 Å². The number of nitrogens with zero attached hydrogens (tertiary/aromatic N) is 7. The molecule has 1 aliphatic rings. The number of aromatic nitrogens is 6. The predicted octanol–water partition coefficient (Wildman–Crippen LogP) is 1.93. The van der Waals surface area contributed by atoms with Crippen LogP contribution in [0.4, 0.5) is 5.13 Å². The zero-order valence-corrected chi connectivity index (χ0v) is 14.8. The number of ether oxygens (including phenoxy) is 1. The quantitative estimate of drug-likeness (QED) is 0.549. The van der Waals surface area contributed by atoms with Gasteiger partial charge in [-0.15, -0.1) is 0 Å². The van der Waals surface area contributed by atoms with E-state index >= 15 is 0 Å². The van der Waals surface area contributed by atoms with Crippen LogP contribution in [0.25, 0.3) is 16.3 Å². The average molecular weight is 367 g/mol. The maximum atomic E-state index is 5.42. The molecule has 0 amide bonds. The lowest BCUT2D eigenvalue weighted by molar-refractivity contribution is 0.122. The second-order valence-electron chi connectivity index (χ2n) is 6.03. The minimum Gasteiger partial charge on any atom is -0.378 e. The average Bonchev–Trinajstić information content (AvgIpc) is 3.43. The van der Waals surface area contributed by atoms with Crippen LogP contribution in [-0.2, 0) is 11.3 Å². The Morgan fingerprint density at radius 3 is 2.96 bits per heavy atom. The summed E-state index contributed by atoms with van der Waals surface area (Å²) in [5, 5.41) is 5.33. The minimum atomic E-state index is 0.667. The van der Waals surface area contributed by atoms with Crippen LogP contribution in [0.15, 0.2) is 43.1 Å². The number of pyridine rings is 1. The Hall–Kier alpha value is -2.78. The van der Waals surface area contributed by atoms with Gasteiger partial charge in [0.25, 0.3) is 0 Å². The zero-order valence-electron chi connectivity index (χ0n) is 14.0. The van der Waals surface area contributed by atoms with Crippen molar-refractivity contribution in [2.45, 2.75) is 6.54 Å². The molecule has 1 aliphatic heterocycles. The molecule has 0 N–H and O–H groups in total.